The van der Waals surface area contributed by atoms with Crippen LogP contribution in [0.15, 0.2) is 48.5 Å². The fourth-order valence-electron chi connectivity index (χ4n) is 3.25. The Hall–Kier alpha value is -2.29. The number of nitrogens with one attached hydrogen (secondary N) is 1. The van der Waals surface area contributed by atoms with Crippen LogP contribution in [0.3, 0.4) is 0 Å². The van der Waals surface area contributed by atoms with Gasteiger partial charge in [-0.3, -0.25) is 4.79 Å². The molecule has 3 rings (SSSR count). The fourth-order valence-corrected chi connectivity index (χ4v) is 3.25. The van der Waals surface area contributed by atoms with Gasteiger partial charge in [-0.1, -0.05) is 49.4 Å². The largest absolute Gasteiger partial charge is 0.487 e. The molecule has 1 N–H and O–H groups in total. The van der Waals surface area contributed by atoms with E-state index in [1.54, 1.807) is 0 Å². The molecule has 0 saturated carbocycles. The molecule has 1 amide bonds. The first kappa shape index (κ1) is 16.6. The van der Waals surface area contributed by atoms with Crippen LogP contribution in [0.5, 0.6) is 5.75 Å². The Bertz CT molecular complexity index is 719. The van der Waals surface area contributed by atoms with Crippen LogP contribution in [0.4, 0.5) is 0 Å². The number of hydrogen-bond donors (Lipinski definition) is 1. The van der Waals surface area contributed by atoms with Gasteiger partial charge in [0.15, 0.2) is 0 Å². The lowest BCUT2D eigenvalue weighted by atomic mass is 9.89. The predicted octanol–water partition coefficient (Wildman–Crippen LogP) is 4.21. The van der Waals surface area contributed by atoms with Gasteiger partial charge < -0.3 is 10.1 Å². The van der Waals surface area contributed by atoms with Crippen molar-refractivity contribution in [1.82, 2.24) is 5.32 Å². The molecule has 0 unspecified atom stereocenters. The highest BCUT2D eigenvalue weighted by molar-refractivity contribution is 5.79. The fraction of sp³-hybridized carbons (Fsp3) is 0.381. The molecule has 3 nitrogen and oxygen atoms in total. The Kier molecular flexibility index (Phi) is 4.61. The molecule has 126 valence electrons. The van der Waals surface area contributed by atoms with Crippen molar-refractivity contribution in [2.24, 2.45) is 0 Å². The Morgan fingerprint density at radius 3 is 2.50 bits per heavy atom. The molecule has 1 heterocycles. The molecule has 0 aliphatic carbocycles. The van der Waals surface area contributed by atoms with Gasteiger partial charge in [0.1, 0.15) is 11.4 Å². The second kappa shape index (κ2) is 6.68. The minimum Gasteiger partial charge on any atom is -0.487 e. The Balaban J connectivity index is 1.71. The summed E-state index contributed by atoms with van der Waals surface area (Å²) in [5.41, 5.74) is 3.12. The van der Waals surface area contributed by atoms with Crippen LogP contribution in [0.2, 0.25) is 0 Å². The van der Waals surface area contributed by atoms with Crippen molar-refractivity contribution in [1.29, 1.82) is 0 Å². The predicted molar refractivity (Wildman–Crippen MR) is 96.2 cm³/mol. The smallest absolute Gasteiger partial charge is 0.224 e. The topological polar surface area (TPSA) is 38.3 Å². The zero-order valence-electron chi connectivity index (χ0n) is 14.6. The molecule has 2 aromatic carbocycles. The van der Waals surface area contributed by atoms with Crippen molar-refractivity contribution in [2.45, 2.75) is 51.7 Å². The minimum atomic E-state index is -0.283. The number of rotatable bonds is 4. The maximum absolute atomic E-state index is 12.5. The van der Waals surface area contributed by atoms with E-state index in [-0.39, 0.29) is 17.6 Å². The number of ether oxygens (including phenoxy) is 1. The van der Waals surface area contributed by atoms with Crippen molar-refractivity contribution >= 4 is 5.91 Å². The van der Waals surface area contributed by atoms with E-state index in [9.17, 15) is 4.79 Å². The van der Waals surface area contributed by atoms with Crippen LogP contribution in [-0.2, 0) is 17.6 Å². The van der Waals surface area contributed by atoms with Gasteiger partial charge in [0.25, 0.3) is 0 Å². The second-order valence-corrected chi connectivity index (χ2v) is 7.07. The van der Waals surface area contributed by atoms with Crippen LogP contribution in [0.1, 0.15) is 49.9 Å². The molecule has 1 atom stereocenters. The van der Waals surface area contributed by atoms with E-state index in [4.69, 9.17) is 4.74 Å². The number of amides is 1. The van der Waals surface area contributed by atoms with E-state index < -0.39 is 0 Å². The summed E-state index contributed by atoms with van der Waals surface area (Å²) in [4.78, 5) is 12.5. The molecule has 24 heavy (non-hydrogen) atoms. The number of para-hydroxylation sites is 1. The number of carbonyl (C=O) groups excluding carboxylic acids is 1. The summed E-state index contributed by atoms with van der Waals surface area (Å²) in [6.07, 6.45) is 2.19. The van der Waals surface area contributed by atoms with E-state index >= 15 is 0 Å². The highest BCUT2D eigenvalue weighted by Crippen LogP contribution is 2.39. The van der Waals surface area contributed by atoms with Crippen molar-refractivity contribution in [3.8, 4) is 5.75 Å². The van der Waals surface area contributed by atoms with Gasteiger partial charge in [-0.05, 0) is 37.5 Å². The lowest BCUT2D eigenvalue weighted by molar-refractivity contribution is -0.121. The van der Waals surface area contributed by atoms with Gasteiger partial charge in [-0.25, -0.2) is 0 Å². The number of carbonyl (C=O) groups is 1. The van der Waals surface area contributed by atoms with Gasteiger partial charge in [0.2, 0.25) is 5.91 Å². The molecule has 0 bridgehead atoms. The normalized spacial score (nSPS) is 18.4. The molecule has 1 aliphatic rings. The summed E-state index contributed by atoms with van der Waals surface area (Å²) in [7, 11) is 0. The molecule has 0 saturated heterocycles. The van der Waals surface area contributed by atoms with Crippen molar-refractivity contribution in [2.75, 3.05) is 0 Å². The van der Waals surface area contributed by atoms with Crippen LogP contribution in [-0.4, -0.2) is 11.5 Å². The molecule has 2 aromatic rings. The van der Waals surface area contributed by atoms with E-state index in [2.05, 4.69) is 38.2 Å². The monoisotopic (exact) mass is 323 g/mol. The molecule has 0 spiro atoms. The third kappa shape index (κ3) is 3.78. The molecule has 0 radical (unpaired) electrons. The van der Waals surface area contributed by atoms with Crippen molar-refractivity contribution in [3.05, 3.63) is 65.2 Å². The number of aryl methyl sites for hydroxylation is 1. The van der Waals surface area contributed by atoms with E-state index in [0.717, 1.165) is 29.7 Å². The van der Waals surface area contributed by atoms with Gasteiger partial charge in [-0.15, -0.1) is 0 Å². The Morgan fingerprint density at radius 1 is 1.12 bits per heavy atom. The third-order valence-corrected chi connectivity index (χ3v) is 4.51. The molecular weight excluding hydrogens is 298 g/mol. The molecule has 1 aliphatic heterocycles. The van der Waals surface area contributed by atoms with Crippen LogP contribution in [0, 0.1) is 0 Å². The van der Waals surface area contributed by atoms with Gasteiger partial charge in [0.05, 0.1) is 12.5 Å². The highest BCUT2D eigenvalue weighted by Gasteiger charge is 2.34. The molecular formula is C21H25NO2. The Morgan fingerprint density at radius 2 is 1.79 bits per heavy atom. The van der Waals surface area contributed by atoms with E-state index in [1.165, 1.54) is 5.56 Å². The number of hydrogen-bond acceptors (Lipinski definition) is 2. The summed E-state index contributed by atoms with van der Waals surface area (Å²) in [5.74, 6) is 0.920. The molecule has 3 heteroatoms. The first-order valence-electron chi connectivity index (χ1n) is 8.62. The third-order valence-electron chi connectivity index (χ3n) is 4.51. The summed E-state index contributed by atoms with van der Waals surface area (Å²) in [6.45, 7) is 6.25. The Labute approximate surface area is 144 Å². The zero-order valence-corrected chi connectivity index (χ0v) is 14.6. The lowest BCUT2D eigenvalue weighted by Gasteiger charge is -2.37. The SMILES string of the molecule is CCc1ccc(CC(=O)N[C@H]2CC(C)(C)Oc3ccccc32)cc1. The quantitative estimate of drug-likeness (QED) is 0.915. The maximum Gasteiger partial charge on any atom is 0.224 e. The van der Waals surface area contributed by atoms with Gasteiger partial charge in [0, 0.05) is 12.0 Å². The summed E-state index contributed by atoms with van der Waals surface area (Å²) in [5, 5.41) is 3.19. The first-order valence-corrected chi connectivity index (χ1v) is 8.62. The number of fused-ring (bicyclic) bond motifs is 1. The summed E-state index contributed by atoms with van der Waals surface area (Å²) >= 11 is 0. The average Bonchev–Trinajstić information content (AvgIpc) is 2.54. The average molecular weight is 323 g/mol. The van der Waals surface area contributed by atoms with Crippen LogP contribution < -0.4 is 10.1 Å². The summed E-state index contributed by atoms with van der Waals surface area (Å²) < 4.78 is 6.02. The molecule has 0 fully saturated rings. The zero-order chi connectivity index (χ0) is 17.2. The highest BCUT2D eigenvalue weighted by atomic mass is 16.5. The van der Waals surface area contributed by atoms with Gasteiger partial charge in [-0.2, -0.15) is 0 Å². The van der Waals surface area contributed by atoms with E-state index in [1.807, 2.05) is 36.4 Å². The maximum atomic E-state index is 12.5. The van der Waals surface area contributed by atoms with Crippen molar-refractivity contribution in [3.63, 3.8) is 0 Å². The standard InChI is InChI=1S/C21H25NO2/c1-4-15-9-11-16(12-10-15)13-20(23)22-18-14-21(2,3)24-19-8-6-5-7-17(18)19/h5-12,18H,4,13-14H2,1-3H3,(H,22,23)/t18-/m0/s1. The second-order valence-electron chi connectivity index (χ2n) is 7.07. The van der Waals surface area contributed by atoms with Gasteiger partial charge >= 0.3 is 0 Å². The summed E-state index contributed by atoms with van der Waals surface area (Å²) in [6, 6.07) is 16.2. The van der Waals surface area contributed by atoms with E-state index in [0.29, 0.717) is 6.42 Å². The minimum absolute atomic E-state index is 0.00707. The molecule has 0 aromatic heterocycles. The first-order chi connectivity index (χ1) is 11.5. The van der Waals surface area contributed by atoms with Crippen LogP contribution in [0.25, 0.3) is 0 Å². The van der Waals surface area contributed by atoms with Crippen LogP contribution >= 0.6 is 0 Å². The number of benzene rings is 2. The lowest BCUT2D eigenvalue weighted by Crippen LogP contribution is -2.41. The van der Waals surface area contributed by atoms with Crippen molar-refractivity contribution < 1.29 is 9.53 Å².